The van der Waals surface area contributed by atoms with Gasteiger partial charge < -0.3 is 19.0 Å². The van der Waals surface area contributed by atoms with Crippen LogP contribution in [0.4, 0.5) is 0 Å². The Hall–Kier alpha value is -2.43. The number of fused-ring (bicyclic) bond motifs is 2. The minimum absolute atomic E-state index is 0.00144. The number of hydrogen-bond acceptors (Lipinski definition) is 4. The van der Waals surface area contributed by atoms with Crippen LogP contribution in [0.3, 0.4) is 0 Å². The number of furan rings is 2. The zero-order valence-electron chi connectivity index (χ0n) is 7.93. The lowest BCUT2D eigenvalue weighted by Crippen LogP contribution is -1.97. The van der Waals surface area contributed by atoms with E-state index in [1.807, 2.05) is 0 Å². The number of hydrogen-bond donors (Lipinski definition) is 2. The lowest BCUT2D eigenvalue weighted by Gasteiger charge is -2.01. The van der Waals surface area contributed by atoms with Gasteiger partial charge in [0.15, 0.2) is 16.9 Å². The van der Waals surface area contributed by atoms with Gasteiger partial charge in [-0.2, -0.15) is 0 Å². The van der Waals surface area contributed by atoms with Gasteiger partial charge in [-0.15, -0.1) is 0 Å². The number of carbonyl (C=O) groups is 1. The summed E-state index contributed by atoms with van der Waals surface area (Å²) < 4.78 is 10.1. The van der Waals surface area contributed by atoms with E-state index in [2.05, 4.69) is 0 Å². The Labute approximate surface area is 88.5 Å². The summed E-state index contributed by atoms with van der Waals surface area (Å²) in [7, 11) is 0. The summed E-state index contributed by atoms with van der Waals surface area (Å²) in [6.45, 7) is 0. The molecule has 5 nitrogen and oxygen atoms in total. The van der Waals surface area contributed by atoms with Crippen LogP contribution < -0.4 is 0 Å². The number of rotatable bonds is 1. The lowest BCUT2D eigenvalue weighted by molar-refractivity contribution is 0.0700. The van der Waals surface area contributed by atoms with E-state index in [0.717, 1.165) is 0 Å². The summed E-state index contributed by atoms with van der Waals surface area (Å²) in [5.74, 6) is -1.22. The second-order valence-corrected chi connectivity index (χ2v) is 3.36. The molecule has 0 unspecified atom stereocenters. The quantitative estimate of drug-likeness (QED) is 0.655. The number of carboxylic acid groups (broad SMARTS) is 1. The Morgan fingerprint density at radius 3 is 2.38 bits per heavy atom. The maximum Gasteiger partial charge on any atom is 0.340 e. The molecule has 0 saturated heterocycles. The summed E-state index contributed by atoms with van der Waals surface area (Å²) in [4.78, 5) is 11.2. The maximum atomic E-state index is 11.2. The second kappa shape index (κ2) is 2.79. The molecule has 0 aliphatic heterocycles. The average molecular weight is 218 g/mol. The van der Waals surface area contributed by atoms with Crippen LogP contribution in [-0.2, 0) is 0 Å². The van der Waals surface area contributed by atoms with Crippen molar-refractivity contribution in [2.75, 3.05) is 0 Å². The van der Waals surface area contributed by atoms with Gasteiger partial charge in [0.2, 0.25) is 0 Å². The SMILES string of the molecule is O=C(O)c1c2ccoc2c(O)c2ccoc12. The molecule has 2 aromatic heterocycles. The van der Waals surface area contributed by atoms with Crippen LogP contribution in [-0.4, -0.2) is 16.2 Å². The van der Waals surface area contributed by atoms with Crippen molar-refractivity contribution < 1.29 is 23.8 Å². The second-order valence-electron chi connectivity index (χ2n) is 3.36. The Morgan fingerprint density at radius 2 is 1.69 bits per heavy atom. The topological polar surface area (TPSA) is 83.8 Å². The fourth-order valence-electron chi connectivity index (χ4n) is 1.84. The number of phenols is 1. The van der Waals surface area contributed by atoms with E-state index in [-0.39, 0.29) is 22.5 Å². The third-order valence-corrected chi connectivity index (χ3v) is 2.51. The van der Waals surface area contributed by atoms with Crippen LogP contribution in [0.15, 0.2) is 33.5 Å². The molecule has 2 N–H and O–H groups in total. The van der Waals surface area contributed by atoms with Crippen molar-refractivity contribution in [1.29, 1.82) is 0 Å². The van der Waals surface area contributed by atoms with Gasteiger partial charge in [-0.3, -0.25) is 0 Å². The van der Waals surface area contributed by atoms with Gasteiger partial charge in [-0.05, 0) is 12.1 Å². The molecule has 0 spiro atoms. The van der Waals surface area contributed by atoms with Gasteiger partial charge in [0.25, 0.3) is 0 Å². The largest absolute Gasteiger partial charge is 0.504 e. The zero-order valence-corrected chi connectivity index (χ0v) is 7.93. The minimum Gasteiger partial charge on any atom is -0.504 e. The zero-order chi connectivity index (χ0) is 11.3. The molecule has 3 aromatic rings. The highest BCUT2D eigenvalue weighted by molar-refractivity contribution is 6.16. The number of aromatic hydroxyl groups is 1. The maximum absolute atomic E-state index is 11.2. The van der Waals surface area contributed by atoms with E-state index in [9.17, 15) is 9.90 Å². The lowest BCUT2D eigenvalue weighted by atomic mass is 10.1. The van der Waals surface area contributed by atoms with Gasteiger partial charge in [-0.25, -0.2) is 4.79 Å². The predicted molar refractivity (Wildman–Crippen MR) is 54.6 cm³/mol. The fourth-order valence-corrected chi connectivity index (χ4v) is 1.84. The molecule has 1 aromatic carbocycles. The first kappa shape index (κ1) is 8.84. The number of phenolic OH excluding ortho intramolecular Hbond substituents is 1. The van der Waals surface area contributed by atoms with E-state index in [1.165, 1.54) is 24.7 Å². The number of carboxylic acids is 1. The molecule has 0 atom stereocenters. The van der Waals surface area contributed by atoms with Gasteiger partial charge in [-0.1, -0.05) is 0 Å². The van der Waals surface area contributed by atoms with Gasteiger partial charge in [0.05, 0.1) is 17.9 Å². The number of benzene rings is 1. The van der Waals surface area contributed by atoms with Crippen molar-refractivity contribution in [3.05, 3.63) is 30.2 Å². The third kappa shape index (κ3) is 0.916. The Morgan fingerprint density at radius 1 is 1.06 bits per heavy atom. The number of aromatic carboxylic acids is 1. The molecule has 80 valence electrons. The van der Waals surface area contributed by atoms with Gasteiger partial charge in [0, 0.05) is 5.39 Å². The summed E-state index contributed by atoms with van der Waals surface area (Å²) in [6.07, 6.45) is 2.66. The summed E-state index contributed by atoms with van der Waals surface area (Å²) in [5, 5.41) is 19.6. The first-order valence-electron chi connectivity index (χ1n) is 4.53. The molecule has 3 rings (SSSR count). The van der Waals surface area contributed by atoms with Crippen LogP contribution in [0.1, 0.15) is 10.4 Å². The van der Waals surface area contributed by atoms with E-state index in [1.54, 1.807) is 0 Å². The van der Waals surface area contributed by atoms with E-state index in [4.69, 9.17) is 13.9 Å². The Bertz CT molecular complexity index is 652. The van der Waals surface area contributed by atoms with Crippen LogP contribution in [0.2, 0.25) is 0 Å². The van der Waals surface area contributed by atoms with Gasteiger partial charge >= 0.3 is 5.97 Å². The van der Waals surface area contributed by atoms with E-state index < -0.39 is 5.97 Å². The van der Waals surface area contributed by atoms with Crippen molar-refractivity contribution >= 4 is 27.9 Å². The normalized spacial score (nSPS) is 11.2. The predicted octanol–water partition coefficient (Wildman–Crippen LogP) is 2.58. The van der Waals surface area contributed by atoms with Crippen LogP contribution >= 0.6 is 0 Å². The van der Waals surface area contributed by atoms with E-state index >= 15 is 0 Å². The van der Waals surface area contributed by atoms with Gasteiger partial charge in [0.1, 0.15) is 5.56 Å². The Balaban J connectivity index is 2.67. The molecule has 0 aliphatic carbocycles. The summed E-state index contributed by atoms with van der Waals surface area (Å²) in [6, 6.07) is 2.99. The highest BCUT2D eigenvalue weighted by atomic mass is 16.4. The smallest absolute Gasteiger partial charge is 0.340 e. The van der Waals surface area contributed by atoms with Crippen molar-refractivity contribution in [2.24, 2.45) is 0 Å². The molecule has 0 amide bonds. The molecule has 5 heteroatoms. The highest BCUT2D eigenvalue weighted by Gasteiger charge is 2.22. The van der Waals surface area contributed by atoms with Crippen molar-refractivity contribution in [2.45, 2.75) is 0 Å². The molecular formula is C11H6O5. The van der Waals surface area contributed by atoms with Crippen molar-refractivity contribution in [3.8, 4) is 5.75 Å². The third-order valence-electron chi connectivity index (χ3n) is 2.51. The fraction of sp³-hybridized carbons (Fsp3) is 0. The first-order valence-corrected chi connectivity index (χ1v) is 4.53. The molecular weight excluding hydrogens is 212 g/mol. The van der Waals surface area contributed by atoms with Crippen molar-refractivity contribution in [1.82, 2.24) is 0 Å². The van der Waals surface area contributed by atoms with Crippen LogP contribution in [0, 0.1) is 0 Å². The Kier molecular flexibility index (Phi) is 1.54. The molecule has 0 fully saturated rings. The summed E-state index contributed by atoms with van der Waals surface area (Å²) in [5.41, 5.74) is 0.312. The monoisotopic (exact) mass is 218 g/mol. The van der Waals surface area contributed by atoms with Crippen LogP contribution in [0.5, 0.6) is 5.75 Å². The molecule has 2 heterocycles. The summed E-state index contributed by atoms with van der Waals surface area (Å²) >= 11 is 0. The molecule has 16 heavy (non-hydrogen) atoms. The molecule has 0 bridgehead atoms. The first-order chi connectivity index (χ1) is 7.70. The molecule has 0 aliphatic rings. The molecule has 0 saturated carbocycles. The minimum atomic E-state index is -1.12. The van der Waals surface area contributed by atoms with Crippen molar-refractivity contribution in [3.63, 3.8) is 0 Å². The van der Waals surface area contributed by atoms with E-state index in [0.29, 0.717) is 10.8 Å². The highest BCUT2D eigenvalue weighted by Crippen LogP contribution is 2.38. The average Bonchev–Trinajstić information content (AvgIpc) is 2.84. The standard InChI is InChI=1S/C11H6O5/c12-8-6-2-4-15-9(6)7(11(13)14)5-1-3-16-10(5)8/h1-4,12H,(H,13,14). The van der Waals surface area contributed by atoms with Crippen LogP contribution in [0.25, 0.3) is 21.9 Å². The molecule has 0 radical (unpaired) electrons.